The van der Waals surface area contributed by atoms with Crippen molar-refractivity contribution in [3.8, 4) is 0 Å². The molecule has 1 aromatic carbocycles. The minimum atomic E-state index is -0.684. The fourth-order valence-electron chi connectivity index (χ4n) is 2.01. The Kier molecular flexibility index (Phi) is 6.59. The van der Waals surface area contributed by atoms with Crippen molar-refractivity contribution in [2.45, 2.75) is 32.9 Å². The van der Waals surface area contributed by atoms with Crippen LogP contribution in [0, 0.1) is 0 Å². The number of carbonyl (C=O) groups excluding carboxylic acids is 3. The zero-order chi connectivity index (χ0) is 19.9. The summed E-state index contributed by atoms with van der Waals surface area (Å²) in [7, 11) is 0. The molecule has 0 atom stereocenters. The van der Waals surface area contributed by atoms with Crippen LogP contribution in [0.3, 0.4) is 0 Å². The second-order valence-electron chi connectivity index (χ2n) is 6.64. The number of anilines is 1. The Morgan fingerprint density at radius 2 is 1.89 bits per heavy atom. The second-order valence-corrected chi connectivity index (χ2v) is 6.64. The Labute approximate surface area is 156 Å². The highest BCUT2D eigenvalue weighted by Gasteiger charge is 2.17. The molecule has 0 unspecified atom stereocenters. The summed E-state index contributed by atoms with van der Waals surface area (Å²) in [4.78, 5) is 35.6. The molecule has 0 saturated heterocycles. The molecule has 2 N–H and O–H groups in total. The standard InChI is InChI=1S/C19H22N2O6/c1-19(2,3)27-18(24)21-14-7-4-6-13(10-14)17(23)26-12-16(22)20-11-15-8-5-9-25-15/h4-10H,11-12H2,1-3H3,(H,20,22)(H,21,24). The zero-order valence-corrected chi connectivity index (χ0v) is 15.4. The molecule has 0 radical (unpaired) electrons. The molecule has 27 heavy (non-hydrogen) atoms. The molecule has 0 aliphatic heterocycles. The van der Waals surface area contributed by atoms with Gasteiger partial charge in [0.15, 0.2) is 6.61 Å². The molecule has 0 aliphatic carbocycles. The van der Waals surface area contributed by atoms with Crippen LogP contribution in [0.25, 0.3) is 0 Å². The molecule has 8 nitrogen and oxygen atoms in total. The number of benzene rings is 1. The third-order valence-corrected chi connectivity index (χ3v) is 3.12. The minimum Gasteiger partial charge on any atom is -0.467 e. The van der Waals surface area contributed by atoms with Gasteiger partial charge in [0.05, 0.1) is 18.4 Å². The van der Waals surface area contributed by atoms with Gasteiger partial charge < -0.3 is 19.2 Å². The lowest BCUT2D eigenvalue weighted by atomic mass is 10.2. The van der Waals surface area contributed by atoms with Crippen molar-refractivity contribution in [2.75, 3.05) is 11.9 Å². The maximum atomic E-state index is 12.1. The Balaban J connectivity index is 1.83. The molecule has 0 bridgehead atoms. The Morgan fingerprint density at radius 1 is 1.11 bits per heavy atom. The molecule has 1 heterocycles. The number of rotatable bonds is 6. The topological polar surface area (TPSA) is 107 Å². The third kappa shape index (κ3) is 7.23. The Hall–Kier alpha value is -3.29. The second kappa shape index (κ2) is 8.88. The van der Waals surface area contributed by atoms with E-state index in [0.29, 0.717) is 11.4 Å². The number of nitrogens with one attached hydrogen (secondary N) is 2. The maximum absolute atomic E-state index is 12.1. The number of furan rings is 1. The van der Waals surface area contributed by atoms with E-state index in [2.05, 4.69) is 10.6 Å². The molecule has 8 heteroatoms. The van der Waals surface area contributed by atoms with Crippen molar-refractivity contribution in [3.63, 3.8) is 0 Å². The molecule has 1 aromatic heterocycles. The van der Waals surface area contributed by atoms with Gasteiger partial charge in [-0.15, -0.1) is 0 Å². The number of hydrogen-bond acceptors (Lipinski definition) is 6. The summed E-state index contributed by atoms with van der Waals surface area (Å²) in [6.45, 7) is 5.02. The fraction of sp³-hybridized carbons (Fsp3) is 0.316. The fourth-order valence-corrected chi connectivity index (χ4v) is 2.01. The van der Waals surface area contributed by atoms with Crippen molar-refractivity contribution in [3.05, 3.63) is 54.0 Å². The van der Waals surface area contributed by atoms with Crippen molar-refractivity contribution in [2.24, 2.45) is 0 Å². The molecule has 2 amide bonds. The number of esters is 1. The van der Waals surface area contributed by atoms with E-state index in [1.165, 1.54) is 18.4 Å². The number of ether oxygens (including phenoxy) is 2. The normalized spacial score (nSPS) is 10.8. The molecule has 0 spiro atoms. The van der Waals surface area contributed by atoms with Crippen LogP contribution in [-0.2, 0) is 20.8 Å². The van der Waals surface area contributed by atoms with Gasteiger partial charge in [-0.3, -0.25) is 10.1 Å². The highest BCUT2D eigenvalue weighted by molar-refractivity contribution is 5.93. The van der Waals surface area contributed by atoms with E-state index in [0.717, 1.165) is 0 Å². The van der Waals surface area contributed by atoms with Crippen LogP contribution in [0.5, 0.6) is 0 Å². The summed E-state index contributed by atoms with van der Waals surface area (Å²) >= 11 is 0. The first-order chi connectivity index (χ1) is 12.7. The highest BCUT2D eigenvalue weighted by atomic mass is 16.6. The first kappa shape index (κ1) is 20.0. The lowest BCUT2D eigenvalue weighted by Crippen LogP contribution is -2.28. The predicted molar refractivity (Wildman–Crippen MR) is 97.1 cm³/mol. The minimum absolute atomic E-state index is 0.197. The number of carbonyl (C=O) groups is 3. The van der Waals surface area contributed by atoms with Crippen LogP contribution < -0.4 is 10.6 Å². The van der Waals surface area contributed by atoms with Gasteiger partial charge in [-0.25, -0.2) is 9.59 Å². The average molecular weight is 374 g/mol. The quantitative estimate of drug-likeness (QED) is 0.753. The van der Waals surface area contributed by atoms with Crippen LogP contribution in [0.1, 0.15) is 36.9 Å². The molecular weight excluding hydrogens is 352 g/mol. The first-order valence-corrected chi connectivity index (χ1v) is 8.29. The van der Waals surface area contributed by atoms with Crippen LogP contribution >= 0.6 is 0 Å². The molecule has 0 saturated carbocycles. The van der Waals surface area contributed by atoms with E-state index in [1.807, 2.05) is 0 Å². The van der Waals surface area contributed by atoms with E-state index in [4.69, 9.17) is 13.9 Å². The summed E-state index contributed by atoms with van der Waals surface area (Å²) in [6, 6.07) is 9.57. The summed E-state index contributed by atoms with van der Waals surface area (Å²) in [5, 5.41) is 5.10. The summed E-state index contributed by atoms with van der Waals surface area (Å²) in [5.74, 6) is -0.547. The van der Waals surface area contributed by atoms with Gasteiger partial charge in [0.25, 0.3) is 5.91 Å². The first-order valence-electron chi connectivity index (χ1n) is 8.29. The summed E-state index contributed by atoms with van der Waals surface area (Å²) in [6.07, 6.45) is 0.866. The van der Waals surface area contributed by atoms with Crippen LogP contribution in [0.15, 0.2) is 47.1 Å². The van der Waals surface area contributed by atoms with E-state index < -0.39 is 30.2 Å². The van der Waals surface area contributed by atoms with Gasteiger partial charge >= 0.3 is 12.1 Å². The zero-order valence-electron chi connectivity index (χ0n) is 15.4. The molecule has 0 fully saturated rings. The van der Waals surface area contributed by atoms with Crippen molar-refractivity contribution in [1.82, 2.24) is 5.32 Å². The van der Waals surface area contributed by atoms with Gasteiger partial charge in [0.1, 0.15) is 11.4 Å². The van der Waals surface area contributed by atoms with Gasteiger partial charge in [-0.2, -0.15) is 0 Å². The smallest absolute Gasteiger partial charge is 0.412 e. The van der Waals surface area contributed by atoms with Crippen LogP contribution in [-0.4, -0.2) is 30.2 Å². The van der Waals surface area contributed by atoms with Gasteiger partial charge in [-0.1, -0.05) is 6.07 Å². The van der Waals surface area contributed by atoms with Crippen molar-refractivity contribution < 1.29 is 28.3 Å². The third-order valence-electron chi connectivity index (χ3n) is 3.12. The van der Waals surface area contributed by atoms with Crippen molar-refractivity contribution in [1.29, 1.82) is 0 Å². The molecule has 2 aromatic rings. The Bertz CT molecular complexity index is 793. The monoisotopic (exact) mass is 374 g/mol. The summed E-state index contributed by atoms with van der Waals surface area (Å²) < 4.78 is 15.2. The van der Waals surface area contributed by atoms with Gasteiger partial charge in [0, 0.05) is 5.69 Å². The maximum Gasteiger partial charge on any atom is 0.412 e. The van der Waals surface area contributed by atoms with E-state index in [9.17, 15) is 14.4 Å². The van der Waals surface area contributed by atoms with E-state index in [-0.39, 0.29) is 12.1 Å². The van der Waals surface area contributed by atoms with Crippen molar-refractivity contribution >= 4 is 23.7 Å². The summed E-state index contributed by atoms with van der Waals surface area (Å²) in [5.41, 5.74) is -0.0627. The molecular formula is C19H22N2O6. The Morgan fingerprint density at radius 3 is 2.56 bits per heavy atom. The van der Waals surface area contributed by atoms with E-state index in [1.54, 1.807) is 45.0 Å². The van der Waals surface area contributed by atoms with Gasteiger partial charge in [0.2, 0.25) is 0 Å². The number of hydrogen-bond donors (Lipinski definition) is 2. The molecule has 0 aliphatic rings. The van der Waals surface area contributed by atoms with Gasteiger partial charge in [-0.05, 0) is 51.1 Å². The molecule has 144 valence electrons. The predicted octanol–water partition coefficient (Wildman–Crippen LogP) is 3.10. The highest BCUT2D eigenvalue weighted by Crippen LogP contribution is 2.14. The van der Waals surface area contributed by atoms with Crippen LogP contribution in [0.4, 0.5) is 10.5 Å². The van der Waals surface area contributed by atoms with Crippen LogP contribution in [0.2, 0.25) is 0 Å². The number of amides is 2. The lowest BCUT2D eigenvalue weighted by molar-refractivity contribution is -0.124. The molecule has 2 rings (SSSR count). The largest absolute Gasteiger partial charge is 0.467 e. The lowest BCUT2D eigenvalue weighted by Gasteiger charge is -2.19. The van der Waals surface area contributed by atoms with E-state index >= 15 is 0 Å². The average Bonchev–Trinajstić information content (AvgIpc) is 3.09. The SMILES string of the molecule is CC(C)(C)OC(=O)Nc1cccc(C(=O)OCC(=O)NCc2ccco2)c1.